The average Bonchev–Trinajstić information content (AvgIpc) is 3.00. The Hall–Kier alpha value is -2.53. The Morgan fingerprint density at radius 1 is 1.24 bits per heavy atom. The number of hydrogen-bond acceptors (Lipinski definition) is 5. The molecule has 2 rings (SSSR count). The zero-order valence-electron chi connectivity index (χ0n) is 15.8. The second kappa shape index (κ2) is 9.79. The number of aliphatic hydroxyl groups is 1. The van der Waals surface area contributed by atoms with Crippen LogP contribution in [0.15, 0.2) is 35.6 Å². The van der Waals surface area contributed by atoms with Gasteiger partial charge in [0.1, 0.15) is 6.54 Å². The number of aromatic nitrogens is 2. The van der Waals surface area contributed by atoms with Gasteiger partial charge >= 0.3 is 6.18 Å². The molecule has 2 amide bonds. The van der Waals surface area contributed by atoms with Gasteiger partial charge in [-0.05, 0) is 26.0 Å². The minimum Gasteiger partial charge on any atom is -0.390 e. The van der Waals surface area contributed by atoms with Crippen LogP contribution in [0.3, 0.4) is 0 Å². The molecule has 7 nitrogen and oxygen atoms in total. The highest BCUT2D eigenvalue weighted by Crippen LogP contribution is 2.34. The van der Waals surface area contributed by atoms with Gasteiger partial charge < -0.3 is 20.3 Å². The van der Waals surface area contributed by atoms with E-state index in [9.17, 15) is 27.9 Å². The summed E-state index contributed by atoms with van der Waals surface area (Å²) in [7, 11) is 0. The number of rotatable bonds is 8. The van der Waals surface area contributed by atoms with Crippen LogP contribution in [0.1, 0.15) is 25.1 Å². The number of amides is 2. The van der Waals surface area contributed by atoms with E-state index >= 15 is 0 Å². The lowest BCUT2D eigenvalue weighted by molar-refractivity contribution is -0.137. The molecule has 3 N–H and O–H groups in total. The molecule has 2 aromatic rings. The maximum Gasteiger partial charge on any atom is 0.418 e. The van der Waals surface area contributed by atoms with E-state index in [0.717, 1.165) is 17.8 Å². The van der Waals surface area contributed by atoms with E-state index in [-0.39, 0.29) is 36.5 Å². The van der Waals surface area contributed by atoms with Crippen LogP contribution in [-0.4, -0.2) is 38.3 Å². The highest BCUT2D eigenvalue weighted by atomic mass is 32.2. The number of nitrogens with one attached hydrogen (secondary N) is 2. The van der Waals surface area contributed by atoms with Crippen molar-refractivity contribution in [2.24, 2.45) is 0 Å². The number of anilines is 1. The number of carbonyl (C=O) groups is 2. The third-order valence-electron chi connectivity index (χ3n) is 3.65. The van der Waals surface area contributed by atoms with Crippen LogP contribution in [-0.2, 0) is 28.9 Å². The van der Waals surface area contributed by atoms with Crippen molar-refractivity contribution in [3.05, 3.63) is 41.7 Å². The Morgan fingerprint density at radius 3 is 2.55 bits per heavy atom. The summed E-state index contributed by atoms with van der Waals surface area (Å²) >= 11 is 0.952. The first-order chi connectivity index (χ1) is 13.6. The summed E-state index contributed by atoms with van der Waals surface area (Å²) in [4.78, 5) is 28.3. The van der Waals surface area contributed by atoms with Gasteiger partial charge in [0.25, 0.3) is 0 Å². The summed E-state index contributed by atoms with van der Waals surface area (Å²) in [6, 6.07) is 4.62. The fraction of sp³-hybridized carbons (Fsp3) is 0.389. The van der Waals surface area contributed by atoms with Gasteiger partial charge in [0.2, 0.25) is 11.8 Å². The minimum atomic E-state index is -4.59. The third kappa shape index (κ3) is 6.50. The quantitative estimate of drug-likeness (QED) is 0.560. The van der Waals surface area contributed by atoms with Gasteiger partial charge in [-0.1, -0.05) is 23.9 Å². The van der Waals surface area contributed by atoms with E-state index in [2.05, 4.69) is 15.6 Å². The summed E-state index contributed by atoms with van der Waals surface area (Å²) < 4.78 is 40.5. The largest absolute Gasteiger partial charge is 0.418 e. The van der Waals surface area contributed by atoms with Crippen molar-refractivity contribution in [1.29, 1.82) is 0 Å². The predicted octanol–water partition coefficient (Wildman–Crippen LogP) is 2.65. The maximum absolute atomic E-state index is 13.0. The highest BCUT2D eigenvalue weighted by Gasteiger charge is 2.33. The van der Waals surface area contributed by atoms with Crippen molar-refractivity contribution in [3.8, 4) is 0 Å². The molecule has 0 atom stereocenters. The molecule has 1 heterocycles. The summed E-state index contributed by atoms with van der Waals surface area (Å²) in [5.41, 5.74) is -0.886. The van der Waals surface area contributed by atoms with Crippen molar-refractivity contribution < 1.29 is 27.9 Å². The lowest BCUT2D eigenvalue weighted by Gasteiger charge is -2.14. The van der Waals surface area contributed by atoms with Gasteiger partial charge in [0, 0.05) is 6.04 Å². The van der Waals surface area contributed by atoms with E-state index in [0.29, 0.717) is 10.9 Å². The van der Waals surface area contributed by atoms with Crippen LogP contribution in [0.25, 0.3) is 0 Å². The van der Waals surface area contributed by atoms with E-state index in [4.69, 9.17) is 0 Å². The number of benzene rings is 1. The Morgan fingerprint density at radius 2 is 1.93 bits per heavy atom. The number of imidazole rings is 1. The molecule has 0 saturated carbocycles. The second-order valence-electron chi connectivity index (χ2n) is 6.38. The molecule has 0 fully saturated rings. The van der Waals surface area contributed by atoms with Crippen molar-refractivity contribution >= 4 is 29.3 Å². The van der Waals surface area contributed by atoms with E-state index in [1.54, 1.807) is 13.8 Å². The molecule has 0 radical (unpaired) electrons. The number of hydrogen-bond donors (Lipinski definition) is 3. The van der Waals surface area contributed by atoms with Crippen molar-refractivity contribution in [3.63, 3.8) is 0 Å². The van der Waals surface area contributed by atoms with Crippen LogP contribution in [0.5, 0.6) is 0 Å². The van der Waals surface area contributed by atoms with Gasteiger partial charge in [0.05, 0.1) is 35.5 Å². The summed E-state index contributed by atoms with van der Waals surface area (Å²) in [5, 5.41) is 14.7. The van der Waals surface area contributed by atoms with Crippen LogP contribution < -0.4 is 10.6 Å². The number of halogens is 3. The van der Waals surface area contributed by atoms with Gasteiger partial charge in [-0.25, -0.2) is 4.98 Å². The number of aliphatic hydroxyl groups excluding tert-OH is 1. The fourth-order valence-electron chi connectivity index (χ4n) is 2.47. The first kappa shape index (κ1) is 22.8. The zero-order chi connectivity index (χ0) is 21.6. The summed E-state index contributed by atoms with van der Waals surface area (Å²) in [6.07, 6.45) is -3.21. The van der Waals surface area contributed by atoms with Crippen LogP contribution in [0, 0.1) is 0 Å². The SMILES string of the molecule is CC(C)NC(=O)Cn1c(CO)cnc1SCC(=O)Nc1ccccc1C(F)(F)F. The summed E-state index contributed by atoms with van der Waals surface area (Å²) in [6.45, 7) is 3.15. The van der Waals surface area contributed by atoms with Gasteiger partial charge in [0.15, 0.2) is 5.16 Å². The normalized spacial score (nSPS) is 11.6. The van der Waals surface area contributed by atoms with Crippen molar-refractivity contribution in [1.82, 2.24) is 14.9 Å². The molecule has 1 aromatic heterocycles. The molecule has 0 spiro atoms. The first-order valence-corrected chi connectivity index (χ1v) is 9.64. The molecular weight excluding hydrogens is 409 g/mol. The molecule has 0 bridgehead atoms. The number of thioether (sulfide) groups is 1. The Kier molecular flexibility index (Phi) is 7.68. The molecule has 0 aliphatic rings. The number of nitrogens with zero attached hydrogens (tertiary/aromatic N) is 2. The van der Waals surface area contributed by atoms with E-state index in [1.807, 2.05) is 0 Å². The highest BCUT2D eigenvalue weighted by molar-refractivity contribution is 7.99. The molecule has 0 aliphatic carbocycles. The smallest absolute Gasteiger partial charge is 0.390 e. The topological polar surface area (TPSA) is 96.2 Å². The maximum atomic E-state index is 13.0. The minimum absolute atomic E-state index is 0.0702. The van der Waals surface area contributed by atoms with Crippen LogP contribution in [0.4, 0.5) is 18.9 Å². The van der Waals surface area contributed by atoms with Gasteiger partial charge in [-0.3, -0.25) is 9.59 Å². The molecule has 11 heteroatoms. The van der Waals surface area contributed by atoms with E-state index < -0.39 is 17.6 Å². The molecule has 0 saturated heterocycles. The lowest BCUT2D eigenvalue weighted by atomic mass is 10.1. The van der Waals surface area contributed by atoms with Crippen molar-refractivity contribution in [2.75, 3.05) is 11.1 Å². The number of alkyl halides is 3. The van der Waals surface area contributed by atoms with Crippen LogP contribution in [0.2, 0.25) is 0 Å². The Balaban J connectivity index is 2.06. The lowest BCUT2D eigenvalue weighted by Crippen LogP contribution is -2.33. The number of para-hydroxylation sites is 1. The van der Waals surface area contributed by atoms with Crippen molar-refractivity contribution in [2.45, 2.75) is 44.4 Å². The predicted molar refractivity (Wildman–Crippen MR) is 102 cm³/mol. The fourth-order valence-corrected chi connectivity index (χ4v) is 3.27. The molecule has 0 aliphatic heterocycles. The molecule has 29 heavy (non-hydrogen) atoms. The van der Waals surface area contributed by atoms with Gasteiger partial charge in [-0.2, -0.15) is 13.2 Å². The zero-order valence-corrected chi connectivity index (χ0v) is 16.6. The van der Waals surface area contributed by atoms with Crippen LogP contribution >= 0.6 is 11.8 Å². The Bertz CT molecular complexity index is 868. The first-order valence-electron chi connectivity index (χ1n) is 8.65. The molecular formula is C18H21F3N4O3S. The third-order valence-corrected chi connectivity index (χ3v) is 4.64. The van der Waals surface area contributed by atoms with E-state index in [1.165, 1.54) is 29.0 Å². The monoisotopic (exact) mass is 430 g/mol. The molecule has 0 unspecified atom stereocenters. The second-order valence-corrected chi connectivity index (χ2v) is 7.32. The standard InChI is InChI=1S/C18H21F3N4O3S/c1-11(2)23-15(27)8-25-12(9-26)7-22-17(25)29-10-16(28)24-14-6-4-3-5-13(14)18(19,20)21/h3-7,11,26H,8-10H2,1-2H3,(H,23,27)(H,24,28). The number of carbonyl (C=O) groups excluding carboxylic acids is 2. The summed E-state index contributed by atoms with van der Waals surface area (Å²) in [5.74, 6) is -1.17. The molecule has 1 aromatic carbocycles. The Labute approximate surface area is 169 Å². The van der Waals surface area contributed by atoms with Gasteiger partial charge in [-0.15, -0.1) is 0 Å². The molecule has 158 valence electrons. The average molecular weight is 430 g/mol.